The number of aliphatic carboxylic acids is 1. The van der Waals surface area contributed by atoms with Crippen molar-refractivity contribution in [2.75, 3.05) is 0 Å². The number of carboxylic acid groups (broad SMARTS) is 1. The van der Waals surface area contributed by atoms with E-state index >= 15 is 0 Å². The van der Waals surface area contributed by atoms with E-state index in [4.69, 9.17) is 5.11 Å². The molecule has 2 rings (SSSR count). The lowest BCUT2D eigenvalue weighted by molar-refractivity contribution is -0.211. The van der Waals surface area contributed by atoms with E-state index in [1.54, 1.807) is 13.0 Å². The van der Waals surface area contributed by atoms with Crippen LogP contribution in [-0.2, 0) is 4.79 Å². The molecule has 154 valence electrons. The van der Waals surface area contributed by atoms with Crippen molar-refractivity contribution < 1.29 is 15.0 Å². The van der Waals surface area contributed by atoms with Crippen LogP contribution in [0, 0.1) is 28.6 Å². The van der Waals surface area contributed by atoms with Crippen LogP contribution < -0.4 is 0 Å². The van der Waals surface area contributed by atoms with Gasteiger partial charge in [-0.2, -0.15) is 0 Å². The Hall–Kier alpha value is -1.09. The highest BCUT2D eigenvalue weighted by molar-refractivity contribution is 5.71. The van der Waals surface area contributed by atoms with Gasteiger partial charge in [-0.3, -0.25) is 4.79 Å². The summed E-state index contributed by atoms with van der Waals surface area (Å²) in [5, 5.41) is 20.9. The number of aliphatic hydroxyl groups is 1. The maximum Gasteiger partial charge on any atom is 0.310 e. The minimum absolute atomic E-state index is 0.0135. The second kappa shape index (κ2) is 8.11. The van der Waals surface area contributed by atoms with Gasteiger partial charge >= 0.3 is 5.97 Å². The van der Waals surface area contributed by atoms with E-state index in [2.05, 4.69) is 34.6 Å². The van der Waals surface area contributed by atoms with Crippen molar-refractivity contribution >= 4 is 5.97 Å². The van der Waals surface area contributed by atoms with Crippen LogP contribution in [0.5, 0.6) is 0 Å². The molecule has 0 unspecified atom stereocenters. The number of rotatable bonds is 6. The lowest BCUT2D eigenvalue weighted by Crippen LogP contribution is -2.62. The fourth-order valence-corrected chi connectivity index (χ4v) is 6.04. The molecule has 0 bridgehead atoms. The normalized spacial score (nSPS) is 37.8. The minimum Gasteiger partial charge on any atom is -0.481 e. The average molecular weight is 377 g/mol. The standard InChI is InChI=1S/C24H40O3/c1-17(9-7-10-18(2)21(25)26)13-16-24(27)19(3)11-12-20-22(4,5)14-8-15-23(20,24)6/h7,9-10,18-20,27H,8,11-16H2,1-6H3,(H,25,26)/b10-7+,17-9-/t18-,19+,20-,23-,24+/m0/s1. The van der Waals surface area contributed by atoms with E-state index in [9.17, 15) is 9.90 Å². The molecule has 2 saturated carbocycles. The molecule has 0 spiro atoms. The quantitative estimate of drug-likeness (QED) is 0.560. The second-order valence-corrected chi connectivity index (χ2v) is 10.2. The summed E-state index contributed by atoms with van der Waals surface area (Å²) in [6, 6.07) is 0. The van der Waals surface area contributed by atoms with Crippen molar-refractivity contribution in [3.63, 3.8) is 0 Å². The SMILES string of the molecule is C/C(=C/C=C/[C@H](C)C(=O)O)CC[C@@]1(O)[C@H](C)CC[C@H]2C(C)(C)CCC[C@@]21C. The molecular formula is C24H40O3. The van der Waals surface area contributed by atoms with Crippen molar-refractivity contribution in [3.8, 4) is 0 Å². The van der Waals surface area contributed by atoms with Gasteiger partial charge < -0.3 is 10.2 Å². The fraction of sp³-hybridized carbons (Fsp3) is 0.792. The van der Waals surface area contributed by atoms with E-state index in [0.717, 1.165) is 25.7 Å². The Labute approximate surface area is 165 Å². The van der Waals surface area contributed by atoms with Gasteiger partial charge in [0, 0.05) is 0 Å². The zero-order valence-corrected chi connectivity index (χ0v) is 18.2. The Morgan fingerprint density at radius 2 is 1.89 bits per heavy atom. The predicted molar refractivity (Wildman–Crippen MR) is 112 cm³/mol. The highest BCUT2D eigenvalue weighted by atomic mass is 16.4. The van der Waals surface area contributed by atoms with Crippen LogP contribution in [0.2, 0.25) is 0 Å². The summed E-state index contributed by atoms with van der Waals surface area (Å²) in [5.74, 6) is -0.370. The third kappa shape index (κ3) is 4.34. The van der Waals surface area contributed by atoms with E-state index < -0.39 is 17.5 Å². The molecule has 0 aliphatic heterocycles. The number of hydrogen-bond acceptors (Lipinski definition) is 2. The molecule has 0 aromatic heterocycles. The summed E-state index contributed by atoms with van der Waals surface area (Å²) in [6.45, 7) is 13.1. The molecule has 3 heteroatoms. The maximum atomic E-state index is 11.9. The van der Waals surface area contributed by atoms with Gasteiger partial charge in [-0.25, -0.2) is 0 Å². The Balaban J connectivity index is 2.14. The molecule has 5 atom stereocenters. The molecule has 0 aromatic rings. The number of hydrogen-bond donors (Lipinski definition) is 2. The van der Waals surface area contributed by atoms with Gasteiger partial charge in [0.1, 0.15) is 0 Å². The molecule has 0 aromatic carbocycles. The molecule has 0 heterocycles. The monoisotopic (exact) mass is 376 g/mol. The molecule has 27 heavy (non-hydrogen) atoms. The van der Waals surface area contributed by atoms with Gasteiger partial charge in [-0.15, -0.1) is 0 Å². The molecule has 0 saturated heterocycles. The first-order valence-electron chi connectivity index (χ1n) is 10.7. The average Bonchev–Trinajstić information content (AvgIpc) is 2.57. The van der Waals surface area contributed by atoms with Crippen LogP contribution in [0.1, 0.15) is 86.5 Å². The lowest BCUT2D eigenvalue weighted by Gasteiger charge is -2.63. The van der Waals surface area contributed by atoms with Crippen LogP contribution in [0.4, 0.5) is 0 Å². The van der Waals surface area contributed by atoms with Crippen LogP contribution in [0.15, 0.2) is 23.8 Å². The number of carboxylic acids is 1. The van der Waals surface area contributed by atoms with Gasteiger partial charge in [-0.1, -0.05) is 57.9 Å². The van der Waals surface area contributed by atoms with Crippen molar-refractivity contribution in [2.45, 2.75) is 92.1 Å². The van der Waals surface area contributed by atoms with Crippen LogP contribution >= 0.6 is 0 Å². The summed E-state index contributed by atoms with van der Waals surface area (Å²) in [5.41, 5.74) is 0.869. The highest BCUT2D eigenvalue weighted by Gasteiger charge is 2.60. The van der Waals surface area contributed by atoms with Crippen molar-refractivity contribution in [3.05, 3.63) is 23.8 Å². The van der Waals surface area contributed by atoms with E-state index in [1.165, 1.54) is 24.8 Å². The predicted octanol–water partition coefficient (Wildman–Crippen LogP) is 5.98. The largest absolute Gasteiger partial charge is 0.481 e. The molecule has 0 amide bonds. The van der Waals surface area contributed by atoms with Gasteiger partial charge in [0.15, 0.2) is 0 Å². The molecule has 2 N–H and O–H groups in total. The summed E-state index contributed by atoms with van der Waals surface area (Å²) < 4.78 is 0. The first-order chi connectivity index (χ1) is 12.4. The van der Waals surface area contributed by atoms with Gasteiger partial charge in [0.25, 0.3) is 0 Å². The highest BCUT2D eigenvalue weighted by Crippen LogP contribution is 2.63. The summed E-state index contributed by atoms with van der Waals surface area (Å²) in [4.78, 5) is 10.9. The Kier molecular flexibility index (Phi) is 6.67. The van der Waals surface area contributed by atoms with E-state index in [1.807, 2.05) is 12.2 Å². The van der Waals surface area contributed by atoms with E-state index in [-0.39, 0.29) is 5.41 Å². The van der Waals surface area contributed by atoms with Crippen molar-refractivity contribution in [1.29, 1.82) is 0 Å². The molecular weight excluding hydrogens is 336 g/mol. The van der Waals surface area contributed by atoms with E-state index in [0.29, 0.717) is 17.3 Å². The second-order valence-electron chi connectivity index (χ2n) is 10.2. The summed E-state index contributed by atoms with van der Waals surface area (Å²) >= 11 is 0. The first kappa shape index (κ1) is 22.2. The maximum absolute atomic E-state index is 11.9. The molecule has 2 fully saturated rings. The fourth-order valence-electron chi connectivity index (χ4n) is 6.04. The molecule has 2 aliphatic rings. The van der Waals surface area contributed by atoms with Crippen molar-refractivity contribution in [1.82, 2.24) is 0 Å². The van der Waals surface area contributed by atoms with Crippen molar-refractivity contribution in [2.24, 2.45) is 28.6 Å². The zero-order valence-electron chi connectivity index (χ0n) is 18.2. The smallest absolute Gasteiger partial charge is 0.310 e. The number of allylic oxidation sites excluding steroid dienone is 3. The Morgan fingerprint density at radius 1 is 1.22 bits per heavy atom. The topological polar surface area (TPSA) is 57.5 Å². The van der Waals surface area contributed by atoms with Crippen LogP contribution in [0.25, 0.3) is 0 Å². The summed E-state index contributed by atoms with van der Waals surface area (Å²) in [6.07, 6.45) is 13.2. The van der Waals surface area contributed by atoms with Gasteiger partial charge in [0.05, 0.1) is 11.5 Å². The minimum atomic E-state index is -0.804. The number of fused-ring (bicyclic) bond motifs is 1. The number of carbonyl (C=O) groups is 1. The molecule has 0 radical (unpaired) electrons. The lowest BCUT2D eigenvalue weighted by atomic mass is 9.44. The third-order valence-corrected chi connectivity index (χ3v) is 7.99. The zero-order chi connectivity index (χ0) is 20.5. The first-order valence-corrected chi connectivity index (χ1v) is 10.7. The van der Waals surface area contributed by atoms with Crippen LogP contribution in [0.3, 0.4) is 0 Å². The van der Waals surface area contributed by atoms with Crippen LogP contribution in [-0.4, -0.2) is 21.8 Å². The Bertz CT molecular complexity index is 603. The third-order valence-electron chi connectivity index (χ3n) is 7.99. The Morgan fingerprint density at radius 3 is 2.52 bits per heavy atom. The van der Waals surface area contributed by atoms with Gasteiger partial charge in [0.2, 0.25) is 0 Å². The van der Waals surface area contributed by atoms with Gasteiger partial charge in [-0.05, 0) is 75.0 Å². The molecule has 3 nitrogen and oxygen atoms in total. The molecule has 2 aliphatic carbocycles. The summed E-state index contributed by atoms with van der Waals surface area (Å²) in [7, 11) is 0.